The van der Waals surface area contributed by atoms with Gasteiger partial charge in [-0.1, -0.05) is 23.2 Å². The fourth-order valence-electron chi connectivity index (χ4n) is 2.31. The molecule has 0 spiro atoms. The van der Waals surface area contributed by atoms with E-state index >= 15 is 0 Å². The van der Waals surface area contributed by atoms with Crippen molar-refractivity contribution in [3.63, 3.8) is 0 Å². The highest BCUT2D eigenvalue weighted by atomic mass is 35.5. The number of nitrogens with one attached hydrogen (secondary N) is 1. The zero-order valence-corrected chi connectivity index (χ0v) is 12.8. The van der Waals surface area contributed by atoms with Crippen LogP contribution >= 0.6 is 23.2 Å². The zero-order chi connectivity index (χ0) is 14.0. The summed E-state index contributed by atoms with van der Waals surface area (Å²) in [7, 11) is 1.75. The SMILES string of the molecule is CNc1nc(OC2CC(C)OC(C)C2)c(Cl)cc1Cl. The Bertz CT molecular complexity index is 447. The molecule has 2 rings (SSSR count). The van der Waals surface area contributed by atoms with Crippen molar-refractivity contribution in [1.29, 1.82) is 0 Å². The van der Waals surface area contributed by atoms with Crippen molar-refractivity contribution < 1.29 is 9.47 Å². The first-order chi connectivity index (χ1) is 8.99. The van der Waals surface area contributed by atoms with Gasteiger partial charge < -0.3 is 14.8 Å². The van der Waals surface area contributed by atoms with E-state index in [1.165, 1.54) is 0 Å². The van der Waals surface area contributed by atoms with Crippen LogP contribution in [0.3, 0.4) is 0 Å². The molecule has 19 heavy (non-hydrogen) atoms. The lowest BCUT2D eigenvalue weighted by Crippen LogP contribution is -2.35. The standard InChI is InChI=1S/C13H18Cl2N2O2/c1-7-4-9(5-8(2)18-7)19-13-11(15)6-10(14)12(16-3)17-13/h6-9H,4-5H2,1-3H3,(H,16,17). The molecule has 1 aromatic rings. The average molecular weight is 305 g/mol. The maximum atomic E-state index is 6.12. The van der Waals surface area contributed by atoms with Gasteiger partial charge in [-0.15, -0.1) is 0 Å². The summed E-state index contributed by atoms with van der Waals surface area (Å²) in [5, 5.41) is 3.82. The highest BCUT2D eigenvalue weighted by Crippen LogP contribution is 2.33. The first-order valence-electron chi connectivity index (χ1n) is 6.35. The number of hydrogen-bond acceptors (Lipinski definition) is 4. The van der Waals surface area contributed by atoms with Gasteiger partial charge in [0.25, 0.3) is 0 Å². The van der Waals surface area contributed by atoms with Gasteiger partial charge in [0.15, 0.2) is 0 Å². The molecule has 1 aromatic heterocycles. The van der Waals surface area contributed by atoms with Crippen LogP contribution < -0.4 is 10.1 Å². The maximum absolute atomic E-state index is 6.12. The quantitative estimate of drug-likeness (QED) is 0.923. The van der Waals surface area contributed by atoms with Crippen LogP contribution in [-0.2, 0) is 4.74 Å². The van der Waals surface area contributed by atoms with Crippen LogP contribution in [0.5, 0.6) is 5.88 Å². The molecule has 0 radical (unpaired) electrons. The predicted molar refractivity (Wildman–Crippen MR) is 77.5 cm³/mol. The third-order valence-corrected chi connectivity index (χ3v) is 3.63. The lowest BCUT2D eigenvalue weighted by Gasteiger charge is -2.32. The van der Waals surface area contributed by atoms with E-state index in [1.807, 2.05) is 13.8 Å². The Balaban J connectivity index is 2.14. The van der Waals surface area contributed by atoms with Gasteiger partial charge in [-0.3, -0.25) is 0 Å². The molecule has 1 aliphatic heterocycles. The molecular formula is C13H18Cl2N2O2. The fraction of sp³-hybridized carbons (Fsp3) is 0.615. The maximum Gasteiger partial charge on any atom is 0.234 e. The van der Waals surface area contributed by atoms with Gasteiger partial charge in [-0.2, -0.15) is 4.98 Å². The van der Waals surface area contributed by atoms with Crippen LogP contribution in [0.1, 0.15) is 26.7 Å². The van der Waals surface area contributed by atoms with Gasteiger partial charge >= 0.3 is 0 Å². The van der Waals surface area contributed by atoms with Crippen LogP contribution in [0.2, 0.25) is 10.0 Å². The number of anilines is 1. The molecule has 1 saturated heterocycles. The Hall–Kier alpha value is -0.710. The minimum absolute atomic E-state index is 0.0645. The van der Waals surface area contributed by atoms with E-state index in [0.29, 0.717) is 21.7 Å². The zero-order valence-electron chi connectivity index (χ0n) is 11.2. The topological polar surface area (TPSA) is 43.4 Å². The summed E-state index contributed by atoms with van der Waals surface area (Å²) in [5.41, 5.74) is 0. The second kappa shape index (κ2) is 6.16. The van der Waals surface area contributed by atoms with Crippen LogP contribution in [0, 0.1) is 0 Å². The van der Waals surface area contributed by atoms with Crippen molar-refractivity contribution in [1.82, 2.24) is 4.98 Å². The Morgan fingerprint density at radius 3 is 2.47 bits per heavy atom. The summed E-state index contributed by atoms with van der Waals surface area (Å²) in [6.07, 6.45) is 2.10. The van der Waals surface area contributed by atoms with Gasteiger partial charge in [-0.25, -0.2) is 0 Å². The Labute approximate surface area is 123 Å². The van der Waals surface area contributed by atoms with Gasteiger partial charge in [0.2, 0.25) is 5.88 Å². The monoisotopic (exact) mass is 304 g/mol. The largest absolute Gasteiger partial charge is 0.473 e. The molecule has 0 amide bonds. The second-order valence-corrected chi connectivity index (χ2v) is 5.64. The molecule has 0 bridgehead atoms. The van der Waals surface area contributed by atoms with E-state index in [9.17, 15) is 0 Å². The molecule has 2 atom stereocenters. The fourth-order valence-corrected chi connectivity index (χ4v) is 2.80. The van der Waals surface area contributed by atoms with Crippen molar-refractivity contribution in [2.24, 2.45) is 0 Å². The normalized spacial score (nSPS) is 27.1. The van der Waals surface area contributed by atoms with E-state index in [-0.39, 0.29) is 18.3 Å². The molecule has 106 valence electrons. The third kappa shape index (κ3) is 3.65. The van der Waals surface area contributed by atoms with Crippen LogP contribution in [0.4, 0.5) is 5.82 Å². The van der Waals surface area contributed by atoms with E-state index < -0.39 is 0 Å². The van der Waals surface area contributed by atoms with Crippen molar-refractivity contribution >= 4 is 29.0 Å². The van der Waals surface area contributed by atoms with Crippen LogP contribution in [0.15, 0.2) is 6.07 Å². The molecule has 2 heterocycles. The van der Waals surface area contributed by atoms with Gasteiger partial charge in [0.1, 0.15) is 16.9 Å². The molecule has 1 aliphatic rings. The molecule has 6 heteroatoms. The molecule has 0 saturated carbocycles. The van der Waals surface area contributed by atoms with Crippen LogP contribution in [-0.4, -0.2) is 30.3 Å². The number of aromatic nitrogens is 1. The molecule has 1 fully saturated rings. The second-order valence-electron chi connectivity index (χ2n) is 4.82. The van der Waals surface area contributed by atoms with E-state index in [0.717, 1.165) is 12.8 Å². The van der Waals surface area contributed by atoms with Gasteiger partial charge in [0.05, 0.1) is 17.2 Å². The highest BCUT2D eigenvalue weighted by molar-refractivity contribution is 6.36. The van der Waals surface area contributed by atoms with Gasteiger partial charge in [0, 0.05) is 19.9 Å². The van der Waals surface area contributed by atoms with E-state index in [4.69, 9.17) is 32.7 Å². The molecule has 1 N–H and O–H groups in total. The third-order valence-electron chi connectivity index (χ3n) is 3.07. The minimum Gasteiger partial charge on any atom is -0.473 e. The summed E-state index contributed by atoms with van der Waals surface area (Å²) in [4.78, 5) is 4.30. The predicted octanol–water partition coefficient (Wildman–Crippen LogP) is 3.76. The summed E-state index contributed by atoms with van der Waals surface area (Å²) < 4.78 is 11.6. The van der Waals surface area contributed by atoms with E-state index in [2.05, 4.69) is 10.3 Å². The number of pyridine rings is 1. The number of nitrogens with zero attached hydrogens (tertiary/aromatic N) is 1. The van der Waals surface area contributed by atoms with Gasteiger partial charge in [-0.05, 0) is 19.9 Å². The minimum atomic E-state index is 0.0645. The van der Waals surface area contributed by atoms with Crippen LogP contribution in [0.25, 0.3) is 0 Å². The molecule has 0 aliphatic carbocycles. The molecular weight excluding hydrogens is 287 g/mol. The lowest BCUT2D eigenvalue weighted by atomic mass is 10.0. The molecule has 4 nitrogen and oxygen atoms in total. The summed E-state index contributed by atoms with van der Waals surface area (Å²) in [5.74, 6) is 0.982. The number of rotatable bonds is 3. The summed E-state index contributed by atoms with van der Waals surface area (Å²) in [6.45, 7) is 4.09. The van der Waals surface area contributed by atoms with Crippen molar-refractivity contribution in [2.75, 3.05) is 12.4 Å². The molecule has 2 unspecified atom stereocenters. The molecule has 0 aromatic carbocycles. The summed E-state index contributed by atoms with van der Waals surface area (Å²) >= 11 is 12.1. The Morgan fingerprint density at radius 1 is 1.26 bits per heavy atom. The number of ether oxygens (including phenoxy) is 2. The van der Waals surface area contributed by atoms with Crippen molar-refractivity contribution in [3.05, 3.63) is 16.1 Å². The first-order valence-corrected chi connectivity index (χ1v) is 7.11. The highest BCUT2D eigenvalue weighted by Gasteiger charge is 2.27. The van der Waals surface area contributed by atoms with Crippen molar-refractivity contribution in [2.45, 2.75) is 45.0 Å². The van der Waals surface area contributed by atoms with E-state index in [1.54, 1.807) is 13.1 Å². The summed E-state index contributed by atoms with van der Waals surface area (Å²) in [6, 6.07) is 1.64. The lowest BCUT2D eigenvalue weighted by molar-refractivity contribution is -0.0729. The Morgan fingerprint density at radius 2 is 1.89 bits per heavy atom. The Kier molecular flexibility index (Phi) is 4.76. The van der Waals surface area contributed by atoms with Crippen molar-refractivity contribution in [3.8, 4) is 5.88 Å². The number of halogens is 2. The number of hydrogen-bond donors (Lipinski definition) is 1. The first kappa shape index (κ1) is 14.7. The smallest absolute Gasteiger partial charge is 0.234 e. The average Bonchev–Trinajstić information content (AvgIpc) is 2.31.